The second-order valence-corrected chi connectivity index (χ2v) is 6.17. The SMILES string of the molecule is CCn1ncc(NC(CN)C2CCCCC2)c(Br)c1=O. The number of nitrogens with zero attached hydrogens (tertiary/aromatic N) is 2. The minimum absolute atomic E-state index is 0.100. The van der Waals surface area contributed by atoms with Crippen LogP contribution in [-0.4, -0.2) is 22.4 Å². The van der Waals surface area contributed by atoms with Crippen LogP contribution < -0.4 is 16.6 Å². The standard InChI is InChI=1S/C14H23BrN4O/c1-2-19-14(20)13(15)12(9-17-19)18-11(8-16)10-6-4-3-5-7-10/h9-11,18H,2-8,16H2,1H3. The lowest BCUT2D eigenvalue weighted by Gasteiger charge is -2.31. The molecule has 1 aliphatic carbocycles. The number of rotatable bonds is 5. The Kier molecular flexibility index (Phi) is 5.60. The van der Waals surface area contributed by atoms with Crippen LogP contribution in [0, 0.1) is 5.92 Å². The lowest BCUT2D eigenvalue weighted by atomic mass is 9.84. The van der Waals surface area contributed by atoms with E-state index in [1.165, 1.54) is 36.8 Å². The highest BCUT2D eigenvalue weighted by Crippen LogP contribution is 2.28. The minimum atomic E-state index is -0.100. The first kappa shape index (κ1) is 15.5. The summed E-state index contributed by atoms with van der Waals surface area (Å²) >= 11 is 3.38. The van der Waals surface area contributed by atoms with Crippen LogP contribution in [0.3, 0.4) is 0 Å². The molecule has 0 bridgehead atoms. The third-order valence-electron chi connectivity index (χ3n) is 4.10. The summed E-state index contributed by atoms with van der Waals surface area (Å²) < 4.78 is 1.98. The van der Waals surface area contributed by atoms with E-state index < -0.39 is 0 Å². The van der Waals surface area contributed by atoms with Gasteiger partial charge in [0.1, 0.15) is 4.47 Å². The number of nitrogens with two attached hydrogens (primary N) is 1. The predicted octanol–water partition coefficient (Wildman–Crippen LogP) is 2.35. The molecule has 1 saturated carbocycles. The molecule has 0 spiro atoms. The van der Waals surface area contributed by atoms with Crippen molar-refractivity contribution in [3.8, 4) is 0 Å². The topological polar surface area (TPSA) is 72.9 Å². The normalized spacial score (nSPS) is 17.9. The van der Waals surface area contributed by atoms with Crippen molar-refractivity contribution >= 4 is 21.6 Å². The number of nitrogens with one attached hydrogen (secondary N) is 1. The molecule has 112 valence electrons. The molecule has 5 nitrogen and oxygen atoms in total. The van der Waals surface area contributed by atoms with Gasteiger partial charge in [-0.3, -0.25) is 4.79 Å². The molecule has 0 amide bonds. The van der Waals surface area contributed by atoms with Gasteiger partial charge in [0.25, 0.3) is 5.56 Å². The van der Waals surface area contributed by atoms with E-state index >= 15 is 0 Å². The van der Waals surface area contributed by atoms with Crippen LogP contribution in [0.1, 0.15) is 39.0 Å². The fourth-order valence-corrected chi connectivity index (χ4v) is 3.32. The van der Waals surface area contributed by atoms with Crippen LogP contribution in [0.25, 0.3) is 0 Å². The van der Waals surface area contributed by atoms with Gasteiger partial charge in [0, 0.05) is 19.1 Å². The molecule has 2 rings (SSSR count). The summed E-state index contributed by atoms with van der Waals surface area (Å²) in [6.07, 6.45) is 8.02. The van der Waals surface area contributed by atoms with Crippen LogP contribution in [0.15, 0.2) is 15.5 Å². The fourth-order valence-electron chi connectivity index (χ4n) is 2.90. The highest BCUT2D eigenvalue weighted by Gasteiger charge is 2.23. The van der Waals surface area contributed by atoms with Gasteiger partial charge >= 0.3 is 0 Å². The number of hydrogen-bond donors (Lipinski definition) is 2. The molecule has 0 aliphatic heterocycles. The van der Waals surface area contributed by atoms with Crippen molar-refractivity contribution in [2.24, 2.45) is 11.7 Å². The molecule has 3 N–H and O–H groups in total. The van der Waals surface area contributed by atoms with Crippen molar-refractivity contribution in [3.05, 3.63) is 21.0 Å². The predicted molar refractivity (Wildman–Crippen MR) is 84.9 cm³/mol. The first-order valence-electron chi connectivity index (χ1n) is 7.39. The number of halogens is 1. The number of aromatic nitrogens is 2. The molecule has 1 aromatic rings. The van der Waals surface area contributed by atoms with E-state index in [4.69, 9.17) is 5.73 Å². The average Bonchev–Trinajstić information content (AvgIpc) is 2.50. The molecular formula is C14H23BrN4O. The smallest absolute Gasteiger partial charge is 0.283 e. The zero-order valence-electron chi connectivity index (χ0n) is 11.9. The number of hydrogen-bond acceptors (Lipinski definition) is 4. The van der Waals surface area contributed by atoms with E-state index in [2.05, 4.69) is 26.3 Å². The Bertz CT molecular complexity index is 496. The monoisotopic (exact) mass is 342 g/mol. The molecule has 0 aromatic carbocycles. The van der Waals surface area contributed by atoms with E-state index in [1.807, 2.05) is 6.92 Å². The first-order valence-corrected chi connectivity index (χ1v) is 8.18. The molecular weight excluding hydrogens is 320 g/mol. The third kappa shape index (κ3) is 3.41. The van der Waals surface area contributed by atoms with Gasteiger partial charge < -0.3 is 11.1 Å². The maximum atomic E-state index is 12.0. The van der Waals surface area contributed by atoms with Crippen LogP contribution in [-0.2, 0) is 6.54 Å². The van der Waals surface area contributed by atoms with E-state index in [1.54, 1.807) is 6.20 Å². The Balaban J connectivity index is 2.15. The molecule has 1 aliphatic rings. The van der Waals surface area contributed by atoms with Gasteiger partial charge in [-0.15, -0.1) is 0 Å². The highest BCUT2D eigenvalue weighted by molar-refractivity contribution is 9.10. The van der Waals surface area contributed by atoms with Crippen LogP contribution >= 0.6 is 15.9 Å². The van der Waals surface area contributed by atoms with Gasteiger partial charge in [0.2, 0.25) is 0 Å². The molecule has 20 heavy (non-hydrogen) atoms. The molecule has 1 unspecified atom stereocenters. The van der Waals surface area contributed by atoms with Crippen molar-refractivity contribution in [3.63, 3.8) is 0 Å². The number of anilines is 1. The third-order valence-corrected chi connectivity index (χ3v) is 4.86. The number of aryl methyl sites for hydroxylation is 1. The lowest BCUT2D eigenvalue weighted by Crippen LogP contribution is -2.38. The van der Waals surface area contributed by atoms with Crippen LogP contribution in [0.4, 0.5) is 5.69 Å². The Labute approximate surface area is 128 Å². The molecule has 6 heteroatoms. The molecule has 1 atom stereocenters. The van der Waals surface area contributed by atoms with Crippen molar-refractivity contribution in [1.29, 1.82) is 0 Å². The zero-order chi connectivity index (χ0) is 14.5. The minimum Gasteiger partial charge on any atom is -0.378 e. The van der Waals surface area contributed by atoms with Crippen LogP contribution in [0.2, 0.25) is 0 Å². The molecule has 1 heterocycles. The molecule has 0 radical (unpaired) electrons. The second-order valence-electron chi connectivity index (χ2n) is 5.38. The van der Waals surface area contributed by atoms with Gasteiger partial charge in [-0.05, 0) is 41.6 Å². The fraction of sp³-hybridized carbons (Fsp3) is 0.714. The van der Waals surface area contributed by atoms with Crippen molar-refractivity contribution in [1.82, 2.24) is 9.78 Å². The molecule has 0 saturated heterocycles. The Morgan fingerprint density at radius 1 is 1.50 bits per heavy atom. The second kappa shape index (κ2) is 7.22. The average molecular weight is 343 g/mol. The maximum Gasteiger partial charge on any atom is 0.283 e. The summed E-state index contributed by atoms with van der Waals surface area (Å²) in [5.41, 5.74) is 6.56. The summed E-state index contributed by atoms with van der Waals surface area (Å²) in [6, 6.07) is 0.213. The quantitative estimate of drug-likeness (QED) is 0.861. The summed E-state index contributed by atoms with van der Waals surface area (Å²) in [5.74, 6) is 0.592. The molecule has 1 fully saturated rings. The van der Waals surface area contributed by atoms with E-state index in [0.717, 1.165) is 5.69 Å². The Morgan fingerprint density at radius 2 is 2.20 bits per heavy atom. The van der Waals surface area contributed by atoms with Crippen molar-refractivity contribution in [2.75, 3.05) is 11.9 Å². The van der Waals surface area contributed by atoms with E-state index in [-0.39, 0.29) is 11.6 Å². The molecule has 1 aromatic heterocycles. The van der Waals surface area contributed by atoms with Crippen molar-refractivity contribution < 1.29 is 0 Å². The summed E-state index contributed by atoms with van der Waals surface area (Å²) in [6.45, 7) is 3.05. The Morgan fingerprint density at radius 3 is 2.80 bits per heavy atom. The largest absolute Gasteiger partial charge is 0.378 e. The van der Waals surface area contributed by atoms with Crippen LogP contribution in [0.5, 0.6) is 0 Å². The highest BCUT2D eigenvalue weighted by atomic mass is 79.9. The maximum absolute atomic E-state index is 12.0. The van der Waals surface area contributed by atoms with Gasteiger partial charge in [0.15, 0.2) is 0 Å². The van der Waals surface area contributed by atoms with Crippen molar-refractivity contribution in [2.45, 2.75) is 51.6 Å². The van der Waals surface area contributed by atoms with Gasteiger partial charge in [-0.1, -0.05) is 19.3 Å². The van der Waals surface area contributed by atoms with Gasteiger partial charge in [-0.25, -0.2) is 4.68 Å². The van der Waals surface area contributed by atoms with E-state index in [9.17, 15) is 4.79 Å². The van der Waals surface area contributed by atoms with E-state index in [0.29, 0.717) is 23.5 Å². The van der Waals surface area contributed by atoms with Gasteiger partial charge in [0.05, 0.1) is 11.9 Å². The summed E-state index contributed by atoms with van der Waals surface area (Å²) in [4.78, 5) is 12.0. The van der Waals surface area contributed by atoms with Gasteiger partial charge in [-0.2, -0.15) is 5.10 Å². The summed E-state index contributed by atoms with van der Waals surface area (Å²) in [7, 11) is 0. The Hall–Kier alpha value is -0.880. The lowest BCUT2D eigenvalue weighted by molar-refractivity contribution is 0.320. The zero-order valence-corrected chi connectivity index (χ0v) is 13.5. The summed E-state index contributed by atoms with van der Waals surface area (Å²) in [5, 5.41) is 7.57. The first-order chi connectivity index (χ1) is 9.67.